The SMILES string of the molecule is CCSC1CCC(NC(=O)c2cc([N+](=O)[O-])ccc2N)C1. The lowest BCUT2D eigenvalue weighted by Gasteiger charge is -2.14. The number of nitro benzene ring substituents is 1. The van der Waals surface area contributed by atoms with Gasteiger partial charge in [0.2, 0.25) is 0 Å². The monoisotopic (exact) mass is 309 g/mol. The van der Waals surface area contributed by atoms with Gasteiger partial charge in [-0.15, -0.1) is 0 Å². The number of rotatable bonds is 5. The Bertz CT molecular complexity index is 550. The first-order chi connectivity index (χ1) is 10.0. The van der Waals surface area contributed by atoms with E-state index in [4.69, 9.17) is 5.73 Å². The second-order valence-corrected chi connectivity index (χ2v) is 6.67. The van der Waals surface area contributed by atoms with Gasteiger partial charge in [-0.3, -0.25) is 14.9 Å². The smallest absolute Gasteiger partial charge is 0.270 e. The predicted octanol–water partition coefficient (Wildman–Crippen LogP) is 2.58. The van der Waals surface area contributed by atoms with Crippen LogP contribution >= 0.6 is 11.8 Å². The van der Waals surface area contributed by atoms with Crippen molar-refractivity contribution in [3.63, 3.8) is 0 Å². The van der Waals surface area contributed by atoms with Gasteiger partial charge in [0.15, 0.2) is 0 Å². The van der Waals surface area contributed by atoms with Crippen LogP contribution < -0.4 is 11.1 Å². The third kappa shape index (κ3) is 3.87. The maximum absolute atomic E-state index is 12.2. The molecule has 0 aliphatic heterocycles. The highest BCUT2D eigenvalue weighted by Crippen LogP contribution is 2.30. The molecular formula is C14H19N3O3S. The van der Waals surface area contributed by atoms with Gasteiger partial charge in [0.25, 0.3) is 11.6 Å². The first-order valence-electron chi connectivity index (χ1n) is 6.97. The summed E-state index contributed by atoms with van der Waals surface area (Å²) in [6.45, 7) is 2.13. The van der Waals surface area contributed by atoms with E-state index in [9.17, 15) is 14.9 Å². The summed E-state index contributed by atoms with van der Waals surface area (Å²) < 4.78 is 0. The summed E-state index contributed by atoms with van der Waals surface area (Å²) >= 11 is 1.91. The van der Waals surface area contributed by atoms with Crippen molar-refractivity contribution in [1.82, 2.24) is 5.32 Å². The average molecular weight is 309 g/mol. The summed E-state index contributed by atoms with van der Waals surface area (Å²) in [6, 6.07) is 4.06. The molecule has 6 nitrogen and oxygen atoms in total. The van der Waals surface area contributed by atoms with Crippen molar-refractivity contribution in [2.75, 3.05) is 11.5 Å². The Morgan fingerprint density at radius 2 is 2.29 bits per heavy atom. The van der Waals surface area contributed by atoms with E-state index >= 15 is 0 Å². The van der Waals surface area contributed by atoms with Gasteiger partial charge in [0.05, 0.1) is 10.5 Å². The molecule has 2 unspecified atom stereocenters. The number of nitrogens with zero attached hydrogens (tertiary/aromatic N) is 1. The molecule has 0 bridgehead atoms. The lowest BCUT2D eigenvalue weighted by Crippen LogP contribution is -2.33. The van der Waals surface area contributed by atoms with E-state index in [1.807, 2.05) is 11.8 Å². The van der Waals surface area contributed by atoms with Gasteiger partial charge in [0.1, 0.15) is 0 Å². The molecule has 0 heterocycles. The van der Waals surface area contributed by atoms with Crippen LogP contribution in [0.25, 0.3) is 0 Å². The van der Waals surface area contributed by atoms with Gasteiger partial charge in [-0.1, -0.05) is 6.92 Å². The maximum atomic E-state index is 12.2. The number of non-ortho nitro benzene ring substituents is 1. The van der Waals surface area contributed by atoms with E-state index in [-0.39, 0.29) is 28.9 Å². The number of nitrogens with one attached hydrogen (secondary N) is 1. The molecule has 1 amide bonds. The first kappa shape index (κ1) is 15.6. The molecule has 114 valence electrons. The van der Waals surface area contributed by atoms with Crippen LogP contribution in [0.3, 0.4) is 0 Å². The van der Waals surface area contributed by atoms with E-state index in [0.717, 1.165) is 25.0 Å². The fourth-order valence-corrected chi connectivity index (χ4v) is 3.72. The summed E-state index contributed by atoms with van der Waals surface area (Å²) in [5.74, 6) is 0.742. The molecule has 1 aliphatic carbocycles. The van der Waals surface area contributed by atoms with Crippen LogP contribution in [0.1, 0.15) is 36.5 Å². The number of carbonyl (C=O) groups is 1. The fourth-order valence-electron chi connectivity index (χ4n) is 2.58. The number of anilines is 1. The average Bonchev–Trinajstić information content (AvgIpc) is 2.86. The molecule has 1 aromatic carbocycles. The number of hydrogen-bond acceptors (Lipinski definition) is 5. The topological polar surface area (TPSA) is 98.3 Å². The largest absolute Gasteiger partial charge is 0.398 e. The van der Waals surface area contributed by atoms with Gasteiger partial charge in [-0.05, 0) is 31.1 Å². The Balaban J connectivity index is 2.04. The zero-order chi connectivity index (χ0) is 15.4. The molecule has 0 saturated heterocycles. The quantitative estimate of drug-likeness (QED) is 0.495. The van der Waals surface area contributed by atoms with E-state index in [0.29, 0.717) is 5.25 Å². The summed E-state index contributed by atoms with van der Waals surface area (Å²) in [5.41, 5.74) is 6.06. The van der Waals surface area contributed by atoms with Crippen molar-refractivity contribution in [1.29, 1.82) is 0 Å². The van der Waals surface area contributed by atoms with Gasteiger partial charge in [-0.2, -0.15) is 11.8 Å². The number of nitro groups is 1. The second-order valence-electron chi connectivity index (χ2n) is 5.09. The van der Waals surface area contributed by atoms with Crippen LogP contribution in [0.4, 0.5) is 11.4 Å². The van der Waals surface area contributed by atoms with Crippen LogP contribution in [0.5, 0.6) is 0 Å². The summed E-state index contributed by atoms with van der Waals surface area (Å²) in [4.78, 5) is 22.5. The van der Waals surface area contributed by atoms with E-state index in [2.05, 4.69) is 12.2 Å². The number of carbonyl (C=O) groups excluding carboxylic acids is 1. The van der Waals surface area contributed by atoms with Crippen LogP contribution in [0, 0.1) is 10.1 Å². The van der Waals surface area contributed by atoms with Gasteiger partial charge in [-0.25, -0.2) is 0 Å². The maximum Gasteiger partial charge on any atom is 0.270 e. The Morgan fingerprint density at radius 1 is 1.52 bits per heavy atom. The standard InChI is InChI=1S/C14H19N3O3S/c1-2-21-11-5-3-9(7-11)16-14(18)12-8-10(17(19)20)4-6-13(12)15/h4,6,8-9,11H,2-3,5,7,15H2,1H3,(H,16,18). The Hall–Kier alpha value is -1.76. The molecule has 0 aromatic heterocycles. The van der Waals surface area contributed by atoms with Crippen molar-refractivity contribution in [3.05, 3.63) is 33.9 Å². The lowest BCUT2D eigenvalue weighted by atomic mass is 10.1. The van der Waals surface area contributed by atoms with Gasteiger partial charge in [0, 0.05) is 29.1 Å². The minimum absolute atomic E-state index is 0.125. The van der Waals surface area contributed by atoms with Crippen LogP contribution in [-0.4, -0.2) is 27.9 Å². The summed E-state index contributed by atoms with van der Waals surface area (Å²) in [7, 11) is 0. The van der Waals surface area contributed by atoms with E-state index in [1.54, 1.807) is 0 Å². The molecule has 2 atom stereocenters. The zero-order valence-electron chi connectivity index (χ0n) is 11.9. The molecule has 0 radical (unpaired) electrons. The number of hydrogen-bond donors (Lipinski definition) is 2. The number of benzene rings is 1. The van der Waals surface area contributed by atoms with Gasteiger partial charge >= 0.3 is 0 Å². The number of nitrogen functional groups attached to an aromatic ring is 1. The number of nitrogens with two attached hydrogens (primary N) is 1. The van der Waals surface area contributed by atoms with Crippen molar-refractivity contribution in [2.24, 2.45) is 0 Å². The minimum atomic E-state index is -0.528. The highest BCUT2D eigenvalue weighted by molar-refractivity contribution is 7.99. The Labute approximate surface area is 127 Å². The van der Waals surface area contributed by atoms with Crippen molar-refractivity contribution in [2.45, 2.75) is 37.5 Å². The normalized spacial score (nSPS) is 21.2. The second kappa shape index (κ2) is 6.80. The third-order valence-corrected chi connectivity index (χ3v) is 4.85. The molecule has 1 saturated carbocycles. The molecule has 7 heteroatoms. The van der Waals surface area contributed by atoms with Gasteiger partial charge < -0.3 is 11.1 Å². The van der Waals surface area contributed by atoms with Crippen molar-refractivity contribution >= 4 is 29.0 Å². The van der Waals surface area contributed by atoms with Crippen molar-refractivity contribution in [3.8, 4) is 0 Å². The molecule has 1 aliphatic rings. The molecule has 2 rings (SSSR count). The third-order valence-electron chi connectivity index (χ3n) is 3.61. The molecule has 1 aromatic rings. The van der Waals surface area contributed by atoms with Crippen LogP contribution in [-0.2, 0) is 0 Å². The lowest BCUT2D eigenvalue weighted by molar-refractivity contribution is -0.384. The summed E-state index contributed by atoms with van der Waals surface area (Å²) in [5, 5.41) is 14.3. The zero-order valence-corrected chi connectivity index (χ0v) is 12.7. The predicted molar refractivity (Wildman–Crippen MR) is 84.5 cm³/mol. The van der Waals surface area contributed by atoms with Crippen LogP contribution in [0.2, 0.25) is 0 Å². The number of amides is 1. The molecule has 3 N–H and O–H groups in total. The minimum Gasteiger partial charge on any atom is -0.398 e. The number of thioether (sulfide) groups is 1. The molecule has 1 fully saturated rings. The van der Waals surface area contributed by atoms with E-state index < -0.39 is 4.92 Å². The van der Waals surface area contributed by atoms with Crippen LogP contribution in [0.15, 0.2) is 18.2 Å². The highest BCUT2D eigenvalue weighted by atomic mass is 32.2. The summed E-state index contributed by atoms with van der Waals surface area (Å²) in [6.07, 6.45) is 2.98. The Morgan fingerprint density at radius 3 is 2.95 bits per heavy atom. The van der Waals surface area contributed by atoms with E-state index in [1.165, 1.54) is 18.2 Å². The van der Waals surface area contributed by atoms with Crippen molar-refractivity contribution < 1.29 is 9.72 Å². The molecular weight excluding hydrogens is 290 g/mol. The Kier molecular flexibility index (Phi) is 5.06. The fraction of sp³-hybridized carbons (Fsp3) is 0.500. The first-order valence-corrected chi connectivity index (χ1v) is 8.02. The molecule has 0 spiro atoms. The highest BCUT2D eigenvalue weighted by Gasteiger charge is 2.26. The molecule has 21 heavy (non-hydrogen) atoms.